The molecule has 0 bridgehead atoms. The van der Waals surface area contributed by atoms with E-state index < -0.39 is 5.91 Å². The van der Waals surface area contributed by atoms with E-state index >= 15 is 0 Å². The fraction of sp³-hybridized carbons (Fsp3) is 0.0909. The van der Waals surface area contributed by atoms with Crippen molar-refractivity contribution in [2.75, 3.05) is 5.32 Å². The molecule has 2 aromatic carbocycles. The van der Waals surface area contributed by atoms with Crippen molar-refractivity contribution in [1.29, 1.82) is 0 Å². The topological polar surface area (TPSA) is 92.7 Å². The molecule has 1 amide bonds. The van der Waals surface area contributed by atoms with E-state index in [9.17, 15) is 9.90 Å². The number of primary amides is 1. The Morgan fingerprint density at radius 3 is 2.72 bits per heavy atom. The molecule has 146 valence electrons. The molecule has 2 aromatic heterocycles. The maximum atomic E-state index is 11.6. The summed E-state index contributed by atoms with van der Waals surface area (Å²) in [5.41, 5.74) is 9.02. The molecule has 0 saturated carbocycles. The number of carbonyl (C=O) groups excluding carboxylic acids is 1. The number of benzene rings is 2. The number of rotatable bonds is 6. The van der Waals surface area contributed by atoms with Gasteiger partial charge in [-0.2, -0.15) is 0 Å². The molecular weight excluding hydrogens is 388 g/mol. The number of aromatic hydroxyl groups is 1. The van der Waals surface area contributed by atoms with Crippen LogP contribution >= 0.6 is 11.6 Å². The molecule has 4 N–H and O–H groups in total. The molecule has 4 aromatic rings. The molecule has 4 rings (SSSR count). The van der Waals surface area contributed by atoms with Gasteiger partial charge < -0.3 is 16.2 Å². The number of aromatic nitrogens is 2. The highest BCUT2D eigenvalue weighted by Gasteiger charge is 2.15. The average molecular weight is 407 g/mol. The molecular formula is C22H19ClN4O2. The number of fused-ring (bicyclic) bond motifs is 1. The smallest absolute Gasteiger partial charge is 0.250 e. The second kappa shape index (κ2) is 7.85. The Kier molecular flexibility index (Phi) is 5.10. The Labute approximate surface area is 172 Å². The maximum Gasteiger partial charge on any atom is 0.250 e. The lowest BCUT2D eigenvalue weighted by atomic mass is 10.1. The van der Waals surface area contributed by atoms with E-state index in [1.807, 2.05) is 36.4 Å². The van der Waals surface area contributed by atoms with Crippen molar-refractivity contribution in [3.63, 3.8) is 0 Å². The zero-order valence-electron chi connectivity index (χ0n) is 15.5. The van der Waals surface area contributed by atoms with Crippen molar-refractivity contribution in [3.8, 4) is 5.75 Å². The van der Waals surface area contributed by atoms with Crippen molar-refractivity contribution >= 4 is 29.0 Å². The van der Waals surface area contributed by atoms with Crippen LogP contribution in [0.2, 0.25) is 5.02 Å². The number of phenolic OH excluding ortho intramolecular Hbond substituents is 1. The van der Waals surface area contributed by atoms with E-state index in [-0.39, 0.29) is 5.75 Å². The van der Waals surface area contributed by atoms with Crippen LogP contribution < -0.4 is 11.1 Å². The quantitative estimate of drug-likeness (QED) is 0.451. The molecule has 0 aliphatic heterocycles. The molecule has 2 heterocycles. The number of anilines is 1. The van der Waals surface area contributed by atoms with Crippen molar-refractivity contribution < 1.29 is 9.90 Å². The van der Waals surface area contributed by atoms with Crippen molar-refractivity contribution in [3.05, 3.63) is 94.3 Å². The number of pyridine rings is 1. The van der Waals surface area contributed by atoms with Gasteiger partial charge in [-0.15, -0.1) is 0 Å². The van der Waals surface area contributed by atoms with Gasteiger partial charge in [0.1, 0.15) is 17.2 Å². The summed E-state index contributed by atoms with van der Waals surface area (Å²) in [7, 11) is 0. The molecule has 0 unspecified atom stereocenters. The van der Waals surface area contributed by atoms with Crippen LogP contribution in [0.1, 0.15) is 27.2 Å². The highest BCUT2D eigenvalue weighted by Crippen LogP contribution is 2.26. The minimum Gasteiger partial charge on any atom is -0.508 e. The van der Waals surface area contributed by atoms with Crippen LogP contribution in [0.15, 0.2) is 66.9 Å². The first-order valence-corrected chi connectivity index (χ1v) is 9.45. The fourth-order valence-corrected chi connectivity index (χ4v) is 3.44. The lowest BCUT2D eigenvalue weighted by Crippen LogP contribution is -2.12. The predicted octanol–water partition coefficient (Wildman–Crippen LogP) is 4.00. The SMILES string of the molecule is NC(=O)c1ccc2nc(Cc3ccccc3O)c(NCc3cccc(Cl)c3)n2c1. The van der Waals surface area contributed by atoms with E-state index in [0.29, 0.717) is 29.2 Å². The Morgan fingerprint density at radius 2 is 1.97 bits per heavy atom. The lowest BCUT2D eigenvalue weighted by molar-refractivity contribution is 0.1000. The van der Waals surface area contributed by atoms with Gasteiger partial charge >= 0.3 is 0 Å². The second-order valence-electron chi connectivity index (χ2n) is 6.71. The number of hydrogen-bond acceptors (Lipinski definition) is 4. The molecule has 7 heteroatoms. The zero-order valence-corrected chi connectivity index (χ0v) is 16.2. The third-order valence-corrected chi connectivity index (χ3v) is 4.91. The van der Waals surface area contributed by atoms with Gasteiger partial charge in [-0.25, -0.2) is 4.98 Å². The molecule has 0 saturated heterocycles. The van der Waals surface area contributed by atoms with Crippen LogP contribution in [0.4, 0.5) is 5.82 Å². The zero-order chi connectivity index (χ0) is 20.4. The van der Waals surface area contributed by atoms with Gasteiger partial charge in [0, 0.05) is 24.2 Å². The van der Waals surface area contributed by atoms with Gasteiger partial charge in [0.15, 0.2) is 0 Å². The first-order valence-electron chi connectivity index (χ1n) is 9.07. The van der Waals surface area contributed by atoms with E-state index in [1.54, 1.807) is 34.9 Å². The predicted molar refractivity (Wildman–Crippen MR) is 113 cm³/mol. The van der Waals surface area contributed by atoms with E-state index in [2.05, 4.69) is 5.32 Å². The first kappa shape index (κ1) is 18.8. The number of nitrogens with zero attached hydrogens (tertiary/aromatic N) is 2. The summed E-state index contributed by atoms with van der Waals surface area (Å²) in [4.78, 5) is 16.3. The largest absolute Gasteiger partial charge is 0.508 e. The highest BCUT2D eigenvalue weighted by molar-refractivity contribution is 6.30. The monoisotopic (exact) mass is 406 g/mol. The Balaban J connectivity index is 1.75. The van der Waals surface area contributed by atoms with Crippen molar-refractivity contribution in [2.24, 2.45) is 5.73 Å². The Hall–Kier alpha value is -3.51. The second-order valence-corrected chi connectivity index (χ2v) is 7.14. The highest BCUT2D eigenvalue weighted by atomic mass is 35.5. The average Bonchev–Trinajstić information content (AvgIpc) is 3.04. The molecule has 0 aliphatic carbocycles. The van der Waals surface area contributed by atoms with Crippen LogP contribution in [-0.2, 0) is 13.0 Å². The minimum absolute atomic E-state index is 0.211. The number of para-hydroxylation sites is 1. The molecule has 29 heavy (non-hydrogen) atoms. The van der Waals surface area contributed by atoms with Gasteiger partial charge in [-0.05, 0) is 41.5 Å². The number of halogens is 1. The van der Waals surface area contributed by atoms with Crippen LogP contribution in [0.3, 0.4) is 0 Å². The molecule has 0 atom stereocenters. The molecule has 0 spiro atoms. The molecule has 0 aliphatic rings. The number of nitrogens with two attached hydrogens (primary N) is 1. The van der Waals surface area contributed by atoms with Crippen LogP contribution in [0.25, 0.3) is 5.65 Å². The summed E-state index contributed by atoms with van der Waals surface area (Å²) in [6, 6.07) is 18.1. The number of phenols is 1. The van der Waals surface area contributed by atoms with Gasteiger partial charge in [-0.1, -0.05) is 41.9 Å². The summed E-state index contributed by atoms with van der Waals surface area (Å²) in [5.74, 6) is 0.429. The van der Waals surface area contributed by atoms with Crippen molar-refractivity contribution in [1.82, 2.24) is 9.38 Å². The summed E-state index contributed by atoms with van der Waals surface area (Å²) in [5, 5.41) is 14.2. The number of carbonyl (C=O) groups is 1. The fourth-order valence-electron chi connectivity index (χ4n) is 3.22. The number of hydrogen-bond donors (Lipinski definition) is 3. The van der Waals surface area contributed by atoms with Crippen molar-refractivity contribution in [2.45, 2.75) is 13.0 Å². The Bertz CT molecular complexity index is 1200. The van der Waals surface area contributed by atoms with E-state index in [1.165, 1.54) is 0 Å². The third-order valence-electron chi connectivity index (χ3n) is 4.67. The molecule has 6 nitrogen and oxygen atoms in total. The summed E-state index contributed by atoms with van der Waals surface area (Å²) >= 11 is 6.09. The van der Waals surface area contributed by atoms with Crippen LogP contribution in [0, 0.1) is 0 Å². The van der Waals surface area contributed by atoms with E-state index in [0.717, 1.165) is 22.6 Å². The third kappa shape index (κ3) is 4.02. The minimum atomic E-state index is -0.511. The van der Waals surface area contributed by atoms with Gasteiger partial charge in [0.25, 0.3) is 0 Å². The normalized spacial score (nSPS) is 10.9. The Morgan fingerprint density at radius 1 is 1.14 bits per heavy atom. The van der Waals surface area contributed by atoms with Crippen LogP contribution in [0.5, 0.6) is 5.75 Å². The number of nitrogens with one attached hydrogen (secondary N) is 1. The summed E-state index contributed by atoms with van der Waals surface area (Å²) < 4.78 is 1.81. The van der Waals surface area contributed by atoms with Crippen LogP contribution in [-0.4, -0.2) is 20.4 Å². The number of amides is 1. The standard InChI is InChI=1S/C22H19ClN4O2/c23-17-6-3-4-14(10-17)12-25-22-18(11-15-5-1-2-7-19(15)28)26-20-9-8-16(21(24)29)13-27(20)22/h1-10,13,25,28H,11-12H2,(H2,24,29). The summed E-state index contributed by atoms with van der Waals surface area (Å²) in [6.07, 6.45) is 2.09. The molecule has 0 radical (unpaired) electrons. The first-order chi connectivity index (χ1) is 14.0. The van der Waals surface area contributed by atoms with E-state index in [4.69, 9.17) is 22.3 Å². The summed E-state index contributed by atoms with van der Waals surface area (Å²) in [6.45, 7) is 0.517. The van der Waals surface area contributed by atoms with Gasteiger partial charge in [0.05, 0.1) is 11.3 Å². The van der Waals surface area contributed by atoms with Gasteiger partial charge in [0.2, 0.25) is 5.91 Å². The maximum absolute atomic E-state index is 11.6. The molecule has 0 fully saturated rings. The van der Waals surface area contributed by atoms with Gasteiger partial charge in [-0.3, -0.25) is 9.20 Å². The number of imidazole rings is 1. The lowest BCUT2D eigenvalue weighted by Gasteiger charge is -2.10.